The summed E-state index contributed by atoms with van der Waals surface area (Å²) in [7, 11) is 0. The summed E-state index contributed by atoms with van der Waals surface area (Å²) in [6, 6.07) is 16.7. The number of benzene rings is 2. The summed E-state index contributed by atoms with van der Waals surface area (Å²) in [6.45, 7) is 5.94. The summed E-state index contributed by atoms with van der Waals surface area (Å²) < 4.78 is 6.91. The van der Waals surface area contributed by atoms with Crippen molar-refractivity contribution in [3.05, 3.63) is 77.7 Å². The van der Waals surface area contributed by atoms with E-state index in [1.54, 1.807) is 23.0 Å². The fourth-order valence-corrected chi connectivity index (χ4v) is 2.96. The minimum Gasteiger partial charge on any atom is -0.444 e. The molecule has 0 aliphatic carbocycles. The van der Waals surface area contributed by atoms with Crippen LogP contribution in [-0.2, 0) is 11.2 Å². The Bertz CT molecular complexity index is 1020. The van der Waals surface area contributed by atoms with Crippen LogP contribution in [0.2, 0.25) is 0 Å². The van der Waals surface area contributed by atoms with Crippen LogP contribution in [0.5, 0.6) is 0 Å². The van der Waals surface area contributed by atoms with Gasteiger partial charge in [-0.2, -0.15) is 0 Å². The highest BCUT2D eigenvalue weighted by Gasteiger charge is 2.19. The van der Waals surface area contributed by atoms with E-state index in [0.29, 0.717) is 24.2 Å². The first-order valence-corrected chi connectivity index (χ1v) is 9.73. The Balaban J connectivity index is 1.69. The van der Waals surface area contributed by atoms with Crippen molar-refractivity contribution in [2.24, 2.45) is 0 Å². The lowest BCUT2D eigenvalue weighted by Crippen LogP contribution is -2.33. The van der Waals surface area contributed by atoms with E-state index in [-0.39, 0.29) is 11.6 Å². The SMILES string of the molecule is CC(C)(C)OC(=O)NCCc1ccc(-n2cnc(N)c2C(=O)c2ccccc2)cc1. The molecule has 0 aliphatic heterocycles. The molecular formula is C23H26N4O3. The summed E-state index contributed by atoms with van der Waals surface area (Å²) in [5.41, 5.74) is 8.17. The lowest BCUT2D eigenvalue weighted by Gasteiger charge is -2.19. The van der Waals surface area contributed by atoms with E-state index in [1.807, 2.05) is 63.2 Å². The standard InChI is InChI=1S/C23H26N4O3/c1-23(2,3)30-22(29)25-14-13-16-9-11-18(12-10-16)27-15-26-21(24)19(27)20(28)17-7-5-4-6-8-17/h4-12,15H,13-14,24H2,1-3H3,(H,25,29). The molecular weight excluding hydrogens is 380 g/mol. The zero-order valence-electron chi connectivity index (χ0n) is 17.4. The van der Waals surface area contributed by atoms with Crippen molar-refractivity contribution >= 4 is 17.7 Å². The van der Waals surface area contributed by atoms with Crippen LogP contribution in [-0.4, -0.2) is 33.6 Å². The van der Waals surface area contributed by atoms with Crippen LogP contribution in [0.4, 0.5) is 10.6 Å². The van der Waals surface area contributed by atoms with Crippen molar-refractivity contribution in [2.45, 2.75) is 32.8 Å². The number of ether oxygens (including phenoxy) is 1. The molecule has 7 heteroatoms. The van der Waals surface area contributed by atoms with Crippen LogP contribution in [0.15, 0.2) is 60.9 Å². The van der Waals surface area contributed by atoms with E-state index in [2.05, 4.69) is 10.3 Å². The Hall–Kier alpha value is -3.61. The van der Waals surface area contributed by atoms with Crippen molar-refractivity contribution < 1.29 is 14.3 Å². The van der Waals surface area contributed by atoms with Gasteiger partial charge in [0, 0.05) is 17.8 Å². The third-order valence-electron chi connectivity index (χ3n) is 4.34. The van der Waals surface area contributed by atoms with Crippen LogP contribution in [0.25, 0.3) is 5.69 Å². The molecule has 0 fully saturated rings. The molecule has 3 rings (SSSR count). The van der Waals surface area contributed by atoms with Gasteiger partial charge in [-0.3, -0.25) is 9.36 Å². The summed E-state index contributed by atoms with van der Waals surface area (Å²) in [5, 5.41) is 2.74. The molecule has 30 heavy (non-hydrogen) atoms. The molecule has 0 saturated heterocycles. The van der Waals surface area contributed by atoms with Gasteiger partial charge in [0.2, 0.25) is 5.78 Å². The highest BCUT2D eigenvalue weighted by atomic mass is 16.6. The van der Waals surface area contributed by atoms with Crippen molar-refractivity contribution in [1.29, 1.82) is 0 Å². The van der Waals surface area contributed by atoms with E-state index >= 15 is 0 Å². The number of carbonyl (C=O) groups excluding carboxylic acids is 2. The minimum atomic E-state index is -0.521. The molecule has 0 atom stereocenters. The molecule has 3 aromatic rings. The smallest absolute Gasteiger partial charge is 0.407 e. The lowest BCUT2D eigenvalue weighted by atomic mass is 10.1. The normalized spacial score (nSPS) is 11.2. The first-order valence-electron chi connectivity index (χ1n) is 9.73. The largest absolute Gasteiger partial charge is 0.444 e. The number of nitrogens with two attached hydrogens (primary N) is 1. The number of nitrogens with zero attached hydrogens (tertiary/aromatic N) is 2. The van der Waals surface area contributed by atoms with Crippen LogP contribution in [0, 0.1) is 0 Å². The molecule has 0 unspecified atom stereocenters. The monoisotopic (exact) mass is 406 g/mol. The minimum absolute atomic E-state index is 0.184. The Labute approximate surface area is 175 Å². The third-order valence-corrected chi connectivity index (χ3v) is 4.34. The molecule has 3 N–H and O–H groups in total. The number of anilines is 1. The molecule has 156 valence electrons. The van der Waals surface area contributed by atoms with Crippen LogP contribution >= 0.6 is 0 Å². The van der Waals surface area contributed by atoms with Crippen molar-refractivity contribution in [3.8, 4) is 5.69 Å². The van der Waals surface area contributed by atoms with E-state index < -0.39 is 11.7 Å². The van der Waals surface area contributed by atoms with Gasteiger partial charge in [-0.15, -0.1) is 0 Å². The average Bonchev–Trinajstić information content (AvgIpc) is 3.08. The first-order chi connectivity index (χ1) is 14.2. The van der Waals surface area contributed by atoms with Gasteiger partial charge < -0.3 is 15.8 Å². The molecule has 1 aromatic heterocycles. The highest BCUT2D eigenvalue weighted by molar-refractivity contribution is 6.10. The topological polar surface area (TPSA) is 99.2 Å². The number of ketones is 1. The van der Waals surface area contributed by atoms with Gasteiger partial charge in [-0.1, -0.05) is 42.5 Å². The Morgan fingerprint density at radius 2 is 1.73 bits per heavy atom. The van der Waals surface area contributed by atoms with Gasteiger partial charge in [-0.05, 0) is 44.9 Å². The molecule has 0 aliphatic rings. The fourth-order valence-electron chi connectivity index (χ4n) is 2.96. The third kappa shape index (κ3) is 5.26. The number of nitrogens with one attached hydrogen (secondary N) is 1. The fraction of sp³-hybridized carbons (Fsp3) is 0.261. The van der Waals surface area contributed by atoms with E-state index in [1.165, 1.54) is 0 Å². The molecule has 1 heterocycles. The van der Waals surface area contributed by atoms with Gasteiger partial charge in [0.05, 0.1) is 0 Å². The number of rotatable bonds is 6. The molecule has 0 radical (unpaired) electrons. The number of aromatic nitrogens is 2. The number of alkyl carbamates (subject to hydrolysis) is 1. The Morgan fingerprint density at radius 1 is 1.07 bits per heavy atom. The summed E-state index contributed by atoms with van der Waals surface area (Å²) in [5.74, 6) is 0.00530. The maximum atomic E-state index is 12.9. The second kappa shape index (κ2) is 8.82. The lowest BCUT2D eigenvalue weighted by molar-refractivity contribution is 0.0528. The van der Waals surface area contributed by atoms with Crippen LogP contribution < -0.4 is 11.1 Å². The predicted molar refractivity (Wildman–Crippen MR) is 116 cm³/mol. The summed E-state index contributed by atoms with van der Waals surface area (Å²) >= 11 is 0. The van der Waals surface area contributed by atoms with Crippen molar-refractivity contribution in [3.63, 3.8) is 0 Å². The zero-order chi connectivity index (χ0) is 21.7. The molecule has 2 aromatic carbocycles. The molecule has 0 saturated carbocycles. The Kier molecular flexibility index (Phi) is 6.20. The number of amides is 1. The van der Waals surface area contributed by atoms with Gasteiger partial charge in [0.15, 0.2) is 5.82 Å². The van der Waals surface area contributed by atoms with Gasteiger partial charge in [0.1, 0.15) is 17.6 Å². The maximum absolute atomic E-state index is 12.9. The number of nitrogen functional groups attached to an aromatic ring is 1. The second-order valence-electron chi connectivity index (χ2n) is 7.89. The summed E-state index contributed by atoms with van der Waals surface area (Å²) in [6.07, 6.45) is 1.77. The first kappa shape index (κ1) is 21.1. The van der Waals surface area contributed by atoms with Crippen molar-refractivity contribution in [2.75, 3.05) is 12.3 Å². The van der Waals surface area contributed by atoms with Gasteiger partial charge >= 0.3 is 6.09 Å². The van der Waals surface area contributed by atoms with Crippen LogP contribution in [0.3, 0.4) is 0 Å². The van der Waals surface area contributed by atoms with Gasteiger partial charge in [-0.25, -0.2) is 9.78 Å². The highest BCUT2D eigenvalue weighted by Crippen LogP contribution is 2.21. The van der Waals surface area contributed by atoms with Crippen LogP contribution in [0.1, 0.15) is 42.4 Å². The summed E-state index contributed by atoms with van der Waals surface area (Å²) in [4.78, 5) is 28.7. The maximum Gasteiger partial charge on any atom is 0.407 e. The van der Waals surface area contributed by atoms with E-state index in [9.17, 15) is 9.59 Å². The quantitative estimate of drug-likeness (QED) is 0.608. The molecule has 7 nitrogen and oxygen atoms in total. The molecule has 1 amide bonds. The molecule has 0 spiro atoms. The average molecular weight is 406 g/mol. The molecule has 0 bridgehead atoms. The Morgan fingerprint density at radius 3 is 2.37 bits per heavy atom. The van der Waals surface area contributed by atoms with E-state index in [4.69, 9.17) is 10.5 Å². The predicted octanol–water partition coefficient (Wildman–Crippen LogP) is 3.75. The number of imidazole rings is 1. The van der Waals surface area contributed by atoms with Crippen molar-refractivity contribution in [1.82, 2.24) is 14.9 Å². The van der Waals surface area contributed by atoms with E-state index in [0.717, 1.165) is 11.3 Å². The number of carbonyl (C=O) groups is 2. The number of hydrogen-bond donors (Lipinski definition) is 2. The van der Waals surface area contributed by atoms with Gasteiger partial charge in [0.25, 0.3) is 0 Å². The number of hydrogen-bond acceptors (Lipinski definition) is 5. The zero-order valence-corrected chi connectivity index (χ0v) is 17.4. The second-order valence-corrected chi connectivity index (χ2v) is 7.89.